The van der Waals surface area contributed by atoms with Crippen LogP contribution in [0.5, 0.6) is 0 Å². The van der Waals surface area contributed by atoms with E-state index in [-0.39, 0.29) is 0 Å². The summed E-state index contributed by atoms with van der Waals surface area (Å²) in [5.74, 6) is 0. The van der Waals surface area contributed by atoms with Crippen molar-refractivity contribution in [1.29, 1.82) is 0 Å². The highest BCUT2D eigenvalue weighted by Gasteiger charge is 2.35. The summed E-state index contributed by atoms with van der Waals surface area (Å²) in [7, 11) is 0. The molecule has 1 aliphatic heterocycles. The maximum absolute atomic E-state index is 3.62. The molecule has 1 rings (SSSR count). The summed E-state index contributed by atoms with van der Waals surface area (Å²) in [5.41, 5.74) is 0.446. The molecule has 1 aliphatic rings. The molecule has 0 unspecified atom stereocenters. The second kappa shape index (κ2) is 4.05. The van der Waals surface area contributed by atoms with E-state index >= 15 is 0 Å². The molecule has 1 heterocycles. The van der Waals surface area contributed by atoms with Crippen molar-refractivity contribution in [2.24, 2.45) is 5.41 Å². The van der Waals surface area contributed by atoms with Gasteiger partial charge in [-0.1, -0.05) is 50.3 Å². The summed E-state index contributed by atoms with van der Waals surface area (Å²) < 4.78 is 0.422. The first kappa shape index (κ1) is 11.8. The van der Waals surface area contributed by atoms with Crippen LogP contribution in [0.15, 0.2) is 0 Å². The van der Waals surface area contributed by atoms with Crippen LogP contribution in [0.25, 0.3) is 0 Å². The van der Waals surface area contributed by atoms with Gasteiger partial charge >= 0.3 is 0 Å². The minimum Gasteiger partial charge on any atom is -0.313 e. The molecule has 0 aromatic rings. The van der Waals surface area contributed by atoms with Gasteiger partial charge in [-0.2, -0.15) is 0 Å². The second-order valence-corrected chi connectivity index (χ2v) is 8.45. The first-order valence-electron chi connectivity index (χ1n) is 5.24. The van der Waals surface area contributed by atoms with Crippen LogP contribution in [-0.4, -0.2) is 16.0 Å². The number of alkyl halides is 1. The third-order valence-electron chi connectivity index (χ3n) is 2.88. The molecule has 0 aromatic carbocycles. The molecule has 1 saturated heterocycles. The third-order valence-corrected chi connectivity index (χ3v) is 3.26. The fourth-order valence-corrected chi connectivity index (χ4v) is 3.54. The Bertz CT molecular complexity index is 163. The van der Waals surface area contributed by atoms with Crippen LogP contribution in [0.1, 0.15) is 47.0 Å². The highest BCUT2D eigenvalue weighted by molar-refractivity contribution is 14.1. The molecule has 1 N–H and O–H groups in total. The van der Waals surface area contributed by atoms with E-state index in [9.17, 15) is 0 Å². The van der Waals surface area contributed by atoms with Crippen molar-refractivity contribution in [3.63, 3.8) is 0 Å². The van der Waals surface area contributed by atoms with Gasteiger partial charge in [0.25, 0.3) is 0 Å². The summed E-state index contributed by atoms with van der Waals surface area (Å²) in [6.07, 6.45) is 4.01. The van der Waals surface area contributed by atoms with Gasteiger partial charge in [0.15, 0.2) is 0 Å². The Balaban J connectivity index is 2.53. The molecule has 1 atom stereocenters. The number of hydrogen-bond acceptors (Lipinski definition) is 1. The van der Waals surface area contributed by atoms with E-state index in [1.807, 2.05) is 0 Å². The minimum absolute atomic E-state index is 0.422. The molecule has 1 nitrogen and oxygen atoms in total. The molecule has 78 valence electrons. The van der Waals surface area contributed by atoms with Crippen molar-refractivity contribution in [3.05, 3.63) is 0 Å². The lowest BCUT2D eigenvalue weighted by Gasteiger charge is -2.36. The van der Waals surface area contributed by atoms with Crippen molar-refractivity contribution < 1.29 is 0 Å². The van der Waals surface area contributed by atoms with E-state index in [4.69, 9.17) is 0 Å². The Morgan fingerprint density at radius 3 is 2.31 bits per heavy atom. The molecule has 0 amide bonds. The lowest BCUT2D eigenvalue weighted by molar-refractivity contribution is 0.227. The number of rotatable bonds is 3. The Morgan fingerprint density at radius 1 is 1.31 bits per heavy atom. The van der Waals surface area contributed by atoms with Crippen molar-refractivity contribution in [1.82, 2.24) is 5.32 Å². The summed E-state index contributed by atoms with van der Waals surface area (Å²) in [6.45, 7) is 10.7. The molecule has 2 heteroatoms. The van der Waals surface area contributed by atoms with Gasteiger partial charge < -0.3 is 5.32 Å². The highest BCUT2D eigenvalue weighted by Crippen LogP contribution is 2.38. The average Bonchev–Trinajstić information content (AvgIpc) is 2.29. The lowest BCUT2D eigenvalue weighted by Crippen LogP contribution is -2.40. The molecular formula is C11H22IN. The van der Waals surface area contributed by atoms with Crippen LogP contribution < -0.4 is 5.32 Å². The molecular weight excluding hydrogens is 273 g/mol. The SMILES string of the molecule is CC(C)(I)CC(C)(C)[C@@H]1CCCN1. The van der Waals surface area contributed by atoms with Crippen molar-refractivity contribution >= 4 is 22.6 Å². The molecule has 1 fully saturated rings. The number of nitrogens with one attached hydrogen (secondary N) is 1. The molecule has 0 aromatic heterocycles. The Hall–Kier alpha value is 0.690. The topological polar surface area (TPSA) is 12.0 Å². The first-order valence-corrected chi connectivity index (χ1v) is 6.31. The average molecular weight is 295 g/mol. The summed E-state index contributed by atoms with van der Waals surface area (Å²) in [6, 6.07) is 0.738. The fraction of sp³-hybridized carbons (Fsp3) is 1.00. The van der Waals surface area contributed by atoms with Crippen LogP contribution in [0.2, 0.25) is 0 Å². The van der Waals surface area contributed by atoms with Crippen LogP contribution >= 0.6 is 22.6 Å². The maximum atomic E-state index is 3.62. The van der Waals surface area contributed by atoms with Gasteiger partial charge in [0.1, 0.15) is 0 Å². The quantitative estimate of drug-likeness (QED) is 0.622. The minimum atomic E-state index is 0.422. The van der Waals surface area contributed by atoms with Crippen LogP contribution in [0.3, 0.4) is 0 Å². The number of hydrogen-bond donors (Lipinski definition) is 1. The zero-order valence-electron chi connectivity index (χ0n) is 9.28. The molecule has 0 radical (unpaired) electrons. The summed E-state index contributed by atoms with van der Waals surface area (Å²) in [4.78, 5) is 0. The third kappa shape index (κ3) is 3.74. The highest BCUT2D eigenvalue weighted by atomic mass is 127. The largest absolute Gasteiger partial charge is 0.313 e. The second-order valence-electron chi connectivity index (χ2n) is 5.53. The summed E-state index contributed by atoms with van der Waals surface area (Å²) in [5, 5.41) is 3.62. The lowest BCUT2D eigenvalue weighted by atomic mass is 9.77. The Labute approximate surface area is 96.2 Å². The predicted octanol–water partition coefficient (Wildman–Crippen LogP) is 3.37. The van der Waals surface area contributed by atoms with Gasteiger partial charge in [-0.15, -0.1) is 0 Å². The van der Waals surface area contributed by atoms with E-state index < -0.39 is 0 Å². The predicted molar refractivity (Wildman–Crippen MR) is 67.5 cm³/mol. The van der Waals surface area contributed by atoms with E-state index in [1.165, 1.54) is 25.8 Å². The first-order chi connectivity index (χ1) is 5.81. The molecule has 13 heavy (non-hydrogen) atoms. The van der Waals surface area contributed by atoms with Gasteiger partial charge in [0, 0.05) is 9.46 Å². The van der Waals surface area contributed by atoms with Crippen molar-refractivity contribution in [2.45, 2.75) is 56.4 Å². The van der Waals surface area contributed by atoms with E-state index in [1.54, 1.807) is 0 Å². The Morgan fingerprint density at radius 2 is 1.92 bits per heavy atom. The van der Waals surface area contributed by atoms with Gasteiger partial charge in [-0.05, 0) is 31.2 Å². The van der Waals surface area contributed by atoms with E-state index in [0.717, 1.165) is 6.04 Å². The molecule has 0 spiro atoms. The van der Waals surface area contributed by atoms with Crippen molar-refractivity contribution in [3.8, 4) is 0 Å². The normalized spacial score (nSPS) is 25.2. The fourth-order valence-electron chi connectivity index (χ4n) is 2.56. The van der Waals surface area contributed by atoms with Crippen molar-refractivity contribution in [2.75, 3.05) is 6.54 Å². The molecule has 0 aliphatic carbocycles. The molecule has 0 saturated carbocycles. The van der Waals surface area contributed by atoms with Crippen LogP contribution in [-0.2, 0) is 0 Å². The zero-order chi connectivity index (χ0) is 10.1. The smallest absolute Gasteiger partial charge is 0.0171 e. The van der Waals surface area contributed by atoms with Crippen LogP contribution in [0.4, 0.5) is 0 Å². The maximum Gasteiger partial charge on any atom is 0.0171 e. The standard InChI is InChI=1S/C11H22IN/c1-10(2,8-11(3,4)12)9-6-5-7-13-9/h9,13H,5-8H2,1-4H3/t9-/m0/s1. The van der Waals surface area contributed by atoms with Crippen LogP contribution in [0, 0.1) is 5.41 Å². The van der Waals surface area contributed by atoms with Gasteiger partial charge in [0.2, 0.25) is 0 Å². The van der Waals surface area contributed by atoms with Gasteiger partial charge in [-0.25, -0.2) is 0 Å². The van der Waals surface area contributed by atoms with Gasteiger partial charge in [-0.3, -0.25) is 0 Å². The monoisotopic (exact) mass is 295 g/mol. The Kier molecular flexibility index (Phi) is 3.67. The summed E-state index contributed by atoms with van der Waals surface area (Å²) >= 11 is 2.56. The zero-order valence-corrected chi connectivity index (χ0v) is 11.4. The number of halogens is 1. The van der Waals surface area contributed by atoms with E-state index in [2.05, 4.69) is 55.6 Å². The van der Waals surface area contributed by atoms with E-state index in [0.29, 0.717) is 8.84 Å². The van der Waals surface area contributed by atoms with Gasteiger partial charge in [0.05, 0.1) is 0 Å². The molecule has 0 bridgehead atoms.